The van der Waals surface area contributed by atoms with Gasteiger partial charge < -0.3 is 15.4 Å². The molecule has 1 aromatic carbocycles. The summed E-state index contributed by atoms with van der Waals surface area (Å²) < 4.78 is 5.84. The lowest BCUT2D eigenvalue weighted by Crippen LogP contribution is -2.44. The minimum absolute atomic E-state index is 0.253. The number of rotatable bonds is 7. The van der Waals surface area contributed by atoms with E-state index in [0.29, 0.717) is 17.3 Å². The Bertz CT molecular complexity index is 985. The summed E-state index contributed by atoms with van der Waals surface area (Å²) in [5.74, 6) is 0.752. The average Bonchev–Trinajstić information content (AvgIpc) is 3.25. The highest BCUT2D eigenvalue weighted by molar-refractivity contribution is 7.12. The van der Waals surface area contributed by atoms with Crippen molar-refractivity contribution in [1.82, 2.24) is 15.6 Å². The van der Waals surface area contributed by atoms with Crippen molar-refractivity contribution in [3.05, 3.63) is 75.6 Å². The van der Waals surface area contributed by atoms with Crippen molar-refractivity contribution in [2.24, 2.45) is 0 Å². The fourth-order valence-corrected chi connectivity index (χ4v) is 3.22. The number of benzene rings is 1. The highest BCUT2D eigenvalue weighted by Gasteiger charge is 2.16. The molecule has 0 spiro atoms. The molecule has 1 unspecified atom stereocenters. The van der Waals surface area contributed by atoms with Crippen molar-refractivity contribution in [2.75, 3.05) is 0 Å². The summed E-state index contributed by atoms with van der Waals surface area (Å²) in [5.41, 5.74) is 2.99. The Morgan fingerprint density at radius 2 is 2.00 bits per heavy atom. The van der Waals surface area contributed by atoms with Gasteiger partial charge in [0, 0.05) is 18.8 Å². The molecule has 150 valence electrons. The molecule has 3 rings (SSSR count). The molecule has 6 nitrogen and oxygen atoms in total. The highest BCUT2D eigenvalue weighted by atomic mass is 32.1. The summed E-state index contributed by atoms with van der Waals surface area (Å²) in [4.78, 5) is 29.1. The Hall–Kier alpha value is -3.19. The third-order valence-electron chi connectivity index (χ3n) is 4.31. The first-order valence-corrected chi connectivity index (χ1v) is 10.1. The van der Waals surface area contributed by atoms with E-state index in [-0.39, 0.29) is 11.8 Å². The molecule has 7 heteroatoms. The van der Waals surface area contributed by atoms with Gasteiger partial charge in [-0.15, -0.1) is 11.3 Å². The van der Waals surface area contributed by atoms with Crippen LogP contribution in [0.5, 0.6) is 11.6 Å². The Balaban J connectivity index is 1.51. The monoisotopic (exact) mass is 409 g/mol. The predicted molar refractivity (Wildman–Crippen MR) is 113 cm³/mol. The van der Waals surface area contributed by atoms with Crippen LogP contribution in [0.4, 0.5) is 0 Å². The van der Waals surface area contributed by atoms with E-state index in [1.165, 1.54) is 11.3 Å². The molecular weight excluding hydrogens is 386 g/mol. The maximum Gasteiger partial charge on any atom is 0.261 e. The molecule has 2 amide bonds. The number of ether oxygens (including phenoxy) is 1. The maximum atomic E-state index is 12.2. The maximum absolute atomic E-state index is 12.2. The fourth-order valence-electron chi connectivity index (χ4n) is 2.59. The highest BCUT2D eigenvalue weighted by Crippen LogP contribution is 2.24. The largest absolute Gasteiger partial charge is 0.439 e. The number of pyridine rings is 1. The lowest BCUT2D eigenvalue weighted by Gasteiger charge is -2.14. The van der Waals surface area contributed by atoms with Crippen molar-refractivity contribution < 1.29 is 14.3 Å². The van der Waals surface area contributed by atoms with Crippen LogP contribution in [0.15, 0.2) is 54.0 Å². The summed E-state index contributed by atoms with van der Waals surface area (Å²) >= 11 is 1.33. The Kier molecular flexibility index (Phi) is 6.61. The first-order valence-electron chi connectivity index (χ1n) is 9.24. The van der Waals surface area contributed by atoms with Gasteiger partial charge in [0.1, 0.15) is 11.8 Å². The van der Waals surface area contributed by atoms with E-state index in [0.717, 1.165) is 22.4 Å². The average molecular weight is 410 g/mol. The molecule has 0 bridgehead atoms. The summed E-state index contributed by atoms with van der Waals surface area (Å²) in [6.07, 6.45) is 1.66. The van der Waals surface area contributed by atoms with Gasteiger partial charge in [0.05, 0.1) is 4.88 Å². The van der Waals surface area contributed by atoms with Gasteiger partial charge in [-0.1, -0.05) is 24.3 Å². The zero-order valence-corrected chi connectivity index (χ0v) is 17.4. The molecular formula is C22H23N3O3S. The zero-order valence-electron chi connectivity index (χ0n) is 16.6. The number of amides is 2. The van der Waals surface area contributed by atoms with Crippen molar-refractivity contribution in [3.8, 4) is 11.6 Å². The first-order chi connectivity index (χ1) is 13.9. The van der Waals surface area contributed by atoms with E-state index in [1.54, 1.807) is 31.3 Å². The zero-order chi connectivity index (χ0) is 20.8. The Labute approximate surface area is 173 Å². The van der Waals surface area contributed by atoms with Crippen molar-refractivity contribution in [2.45, 2.75) is 33.4 Å². The second kappa shape index (κ2) is 9.34. The van der Waals surface area contributed by atoms with Crippen LogP contribution in [-0.4, -0.2) is 22.8 Å². The minimum Gasteiger partial charge on any atom is -0.439 e. The number of aromatic nitrogens is 1. The normalized spacial score (nSPS) is 11.6. The molecule has 2 heterocycles. The summed E-state index contributed by atoms with van der Waals surface area (Å²) in [5, 5.41) is 7.31. The molecule has 2 N–H and O–H groups in total. The molecule has 0 fully saturated rings. The second-order valence-electron chi connectivity index (χ2n) is 6.77. The van der Waals surface area contributed by atoms with Gasteiger partial charge in [-0.2, -0.15) is 0 Å². The standard InChI is InChI=1S/C22H23N3O3S/c1-14-6-7-15(2)18(11-14)28-20-9-8-17(12-23-20)13-24-21(26)16(3)25-22(27)19-5-4-10-29-19/h4-12,16H,13H2,1-3H3,(H,24,26)(H,25,27). The van der Waals surface area contributed by atoms with Crippen LogP contribution in [0.3, 0.4) is 0 Å². The molecule has 0 radical (unpaired) electrons. The van der Waals surface area contributed by atoms with Gasteiger partial charge in [-0.25, -0.2) is 4.98 Å². The molecule has 3 aromatic rings. The van der Waals surface area contributed by atoms with E-state index < -0.39 is 6.04 Å². The molecule has 1 atom stereocenters. The number of hydrogen-bond donors (Lipinski definition) is 2. The lowest BCUT2D eigenvalue weighted by atomic mass is 10.1. The quantitative estimate of drug-likeness (QED) is 0.618. The van der Waals surface area contributed by atoms with E-state index in [1.807, 2.05) is 43.5 Å². The van der Waals surface area contributed by atoms with Crippen LogP contribution in [0, 0.1) is 13.8 Å². The van der Waals surface area contributed by atoms with Gasteiger partial charge in [0.2, 0.25) is 11.8 Å². The summed E-state index contributed by atoms with van der Waals surface area (Å²) in [6, 6.07) is 12.5. The van der Waals surface area contributed by atoms with E-state index in [2.05, 4.69) is 15.6 Å². The molecule has 0 aliphatic heterocycles. The van der Waals surface area contributed by atoms with Gasteiger partial charge in [0.15, 0.2) is 0 Å². The van der Waals surface area contributed by atoms with Crippen LogP contribution >= 0.6 is 11.3 Å². The number of nitrogens with one attached hydrogen (secondary N) is 2. The lowest BCUT2D eigenvalue weighted by molar-refractivity contribution is -0.122. The molecule has 0 saturated heterocycles. The second-order valence-corrected chi connectivity index (χ2v) is 7.71. The predicted octanol–water partition coefficient (Wildman–Crippen LogP) is 3.99. The van der Waals surface area contributed by atoms with Crippen LogP contribution < -0.4 is 15.4 Å². The van der Waals surface area contributed by atoms with Gasteiger partial charge in [0.25, 0.3) is 5.91 Å². The van der Waals surface area contributed by atoms with Crippen LogP contribution in [0.2, 0.25) is 0 Å². The number of carbonyl (C=O) groups excluding carboxylic acids is 2. The Morgan fingerprint density at radius 1 is 1.17 bits per heavy atom. The van der Waals surface area contributed by atoms with Gasteiger partial charge in [-0.3, -0.25) is 9.59 Å². The molecule has 0 aliphatic carbocycles. The topological polar surface area (TPSA) is 80.3 Å². The molecule has 2 aromatic heterocycles. The van der Waals surface area contributed by atoms with Crippen LogP contribution in [0.25, 0.3) is 0 Å². The smallest absolute Gasteiger partial charge is 0.261 e. The van der Waals surface area contributed by atoms with Crippen molar-refractivity contribution >= 4 is 23.2 Å². The summed E-state index contributed by atoms with van der Waals surface area (Å²) in [7, 11) is 0. The Morgan fingerprint density at radius 3 is 2.69 bits per heavy atom. The first kappa shape index (κ1) is 20.5. The number of aryl methyl sites for hydroxylation is 2. The van der Waals surface area contributed by atoms with Crippen LogP contribution in [-0.2, 0) is 11.3 Å². The van der Waals surface area contributed by atoms with Gasteiger partial charge in [-0.05, 0) is 55.0 Å². The van der Waals surface area contributed by atoms with Crippen molar-refractivity contribution in [3.63, 3.8) is 0 Å². The minimum atomic E-state index is -0.635. The SMILES string of the molecule is Cc1ccc(C)c(Oc2ccc(CNC(=O)C(C)NC(=O)c3cccs3)cn2)c1. The van der Waals surface area contributed by atoms with E-state index >= 15 is 0 Å². The number of carbonyl (C=O) groups is 2. The molecule has 0 aliphatic rings. The number of thiophene rings is 1. The number of nitrogens with zero attached hydrogens (tertiary/aromatic N) is 1. The van der Waals surface area contributed by atoms with Crippen molar-refractivity contribution in [1.29, 1.82) is 0 Å². The van der Waals surface area contributed by atoms with Gasteiger partial charge >= 0.3 is 0 Å². The third-order valence-corrected chi connectivity index (χ3v) is 5.18. The number of hydrogen-bond acceptors (Lipinski definition) is 5. The molecule has 29 heavy (non-hydrogen) atoms. The fraction of sp³-hybridized carbons (Fsp3) is 0.227. The van der Waals surface area contributed by atoms with E-state index in [9.17, 15) is 9.59 Å². The third kappa shape index (κ3) is 5.65. The summed E-state index contributed by atoms with van der Waals surface area (Å²) in [6.45, 7) is 5.96. The van der Waals surface area contributed by atoms with E-state index in [4.69, 9.17) is 4.74 Å². The van der Waals surface area contributed by atoms with Crippen LogP contribution in [0.1, 0.15) is 33.3 Å². The molecule has 0 saturated carbocycles.